The van der Waals surface area contributed by atoms with Crippen molar-refractivity contribution in [3.05, 3.63) is 11.5 Å². The van der Waals surface area contributed by atoms with Crippen molar-refractivity contribution >= 4 is 5.82 Å². The van der Waals surface area contributed by atoms with Gasteiger partial charge >= 0.3 is 0 Å². The second kappa shape index (κ2) is 3.68. The molecule has 0 aliphatic rings. The van der Waals surface area contributed by atoms with E-state index in [4.69, 9.17) is 11.6 Å². The van der Waals surface area contributed by atoms with Gasteiger partial charge in [0.15, 0.2) is 0 Å². The summed E-state index contributed by atoms with van der Waals surface area (Å²) in [6.45, 7) is 6.24. The quantitative estimate of drug-likeness (QED) is 0.691. The molecule has 74 valence electrons. The van der Waals surface area contributed by atoms with Crippen LogP contribution in [-0.2, 0) is 6.42 Å². The predicted octanol–water partition coefficient (Wildman–Crippen LogP) is 1.25. The van der Waals surface area contributed by atoms with Crippen molar-refractivity contribution in [1.29, 1.82) is 0 Å². The SMILES string of the molecule is CCc1nc(C(C)CC)c(N)n1N. The van der Waals surface area contributed by atoms with Crippen LogP contribution < -0.4 is 11.6 Å². The Bertz CT molecular complexity index is 290. The fourth-order valence-corrected chi connectivity index (χ4v) is 1.32. The topological polar surface area (TPSA) is 69.9 Å². The molecule has 0 bridgehead atoms. The number of aromatic nitrogens is 2. The molecular weight excluding hydrogens is 164 g/mol. The molecule has 0 aromatic carbocycles. The molecule has 0 fully saturated rings. The zero-order chi connectivity index (χ0) is 10.0. The molecule has 1 aromatic heterocycles. The van der Waals surface area contributed by atoms with Gasteiger partial charge in [-0.15, -0.1) is 0 Å². The summed E-state index contributed by atoms with van der Waals surface area (Å²) in [5, 5.41) is 0. The first-order chi connectivity index (χ1) is 6.11. The molecule has 0 amide bonds. The van der Waals surface area contributed by atoms with Crippen molar-refractivity contribution in [1.82, 2.24) is 9.66 Å². The number of rotatable bonds is 3. The van der Waals surface area contributed by atoms with Crippen molar-refractivity contribution in [2.24, 2.45) is 0 Å². The summed E-state index contributed by atoms with van der Waals surface area (Å²) in [7, 11) is 0. The smallest absolute Gasteiger partial charge is 0.146 e. The van der Waals surface area contributed by atoms with Crippen LogP contribution in [0, 0.1) is 0 Å². The Kier molecular flexibility index (Phi) is 2.80. The van der Waals surface area contributed by atoms with Gasteiger partial charge in [0, 0.05) is 12.3 Å². The summed E-state index contributed by atoms with van der Waals surface area (Å²) in [6, 6.07) is 0. The Balaban J connectivity index is 3.09. The lowest BCUT2D eigenvalue weighted by atomic mass is 10.1. The van der Waals surface area contributed by atoms with E-state index >= 15 is 0 Å². The van der Waals surface area contributed by atoms with Gasteiger partial charge in [-0.2, -0.15) is 0 Å². The summed E-state index contributed by atoms with van der Waals surface area (Å²) in [4.78, 5) is 4.41. The average Bonchev–Trinajstić information content (AvgIpc) is 2.43. The fraction of sp³-hybridized carbons (Fsp3) is 0.667. The Hall–Kier alpha value is -1.19. The highest BCUT2D eigenvalue weighted by Gasteiger charge is 2.15. The van der Waals surface area contributed by atoms with Gasteiger partial charge in [-0.1, -0.05) is 20.8 Å². The summed E-state index contributed by atoms with van der Waals surface area (Å²) >= 11 is 0. The normalized spacial score (nSPS) is 13.2. The number of aryl methyl sites for hydroxylation is 1. The van der Waals surface area contributed by atoms with Gasteiger partial charge in [0.25, 0.3) is 0 Å². The molecule has 0 aliphatic carbocycles. The Labute approximate surface area is 78.9 Å². The second-order valence-corrected chi connectivity index (χ2v) is 3.33. The third-order valence-corrected chi connectivity index (χ3v) is 2.44. The molecule has 4 nitrogen and oxygen atoms in total. The van der Waals surface area contributed by atoms with E-state index in [-0.39, 0.29) is 0 Å². The van der Waals surface area contributed by atoms with Crippen LogP contribution in [0.3, 0.4) is 0 Å². The minimum absolute atomic E-state index is 0.384. The lowest BCUT2D eigenvalue weighted by Gasteiger charge is -2.05. The van der Waals surface area contributed by atoms with Gasteiger partial charge in [0.05, 0.1) is 5.69 Å². The second-order valence-electron chi connectivity index (χ2n) is 3.33. The van der Waals surface area contributed by atoms with E-state index in [1.165, 1.54) is 4.68 Å². The van der Waals surface area contributed by atoms with Crippen molar-refractivity contribution in [3.63, 3.8) is 0 Å². The minimum Gasteiger partial charge on any atom is -0.382 e. The molecule has 4 N–H and O–H groups in total. The third-order valence-electron chi connectivity index (χ3n) is 2.44. The Morgan fingerprint density at radius 1 is 1.46 bits per heavy atom. The van der Waals surface area contributed by atoms with Gasteiger partial charge in [0.1, 0.15) is 11.6 Å². The van der Waals surface area contributed by atoms with E-state index < -0.39 is 0 Å². The zero-order valence-electron chi connectivity index (χ0n) is 8.54. The van der Waals surface area contributed by atoms with Gasteiger partial charge < -0.3 is 11.6 Å². The van der Waals surface area contributed by atoms with Crippen LogP contribution in [-0.4, -0.2) is 9.66 Å². The predicted molar refractivity (Wildman–Crippen MR) is 54.9 cm³/mol. The fourth-order valence-electron chi connectivity index (χ4n) is 1.32. The molecule has 0 saturated carbocycles. The lowest BCUT2D eigenvalue weighted by Crippen LogP contribution is -2.15. The van der Waals surface area contributed by atoms with E-state index in [9.17, 15) is 0 Å². The highest BCUT2D eigenvalue weighted by atomic mass is 15.4. The van der Waals surface area contributed by atoms with Crippen LogP contribution in [0.15, 0.2) is 0 Å². The molecule has 1 atom stereocenters. The van der Waals surface area contributed by atoms with Crippen LogP contribution >= 0.6 is 0 Å². The largest absolute Gasteiger partial charge is 0.382 e. The van der Waals surface area contributed by atoms with Crippen molar-refractivity contribution < 1.29 is 0 Å². The Morgan fingerprint density at radius 3 is 2.46 bits per heavy atom. The average molecular weight is 182 g/mol. The molecular formula is C9H18N4. The number of nitrogens with two attached hydrogens (primary N) is 2. The van der Waals surface area contributed by atoms with E-state index in [0.717, 1.165) is 24.4 Å². The van der Waals surface area contributed by atoms with E-state index in [1.54, 1.807) is 0 Å². The first-order valence-electron chi connectivity index (χ1n) is 4.73. The van der Waals surface area contributed by atoms with Crippen LogP contribution in [0.5, 0.6) is 0 Å². The number of nitrogen functional groups attached to an aromatic ring is 2. The van der Waals surface area contributed by atoms with E-state index in [0.29, 0.717) is 11.7 Å². The van der Waals surface area contributed by atoms with Gasteiger partial charge in [0.2, 0.25) is 0 Å². The standard InChI is InChI=1S/C9H18N4/c1-4-6(3)8-9(10)13(11)7(5-2)12-8/h6H,4-5,10-11H2,1-3H3. The van der Waals surface area contributed by atoms with Crippen LogP contribution in [0.2, 0.25) is 0 Å². The molecule has 1 heterocycles. The van der Waals surface area contributed by atoms with Gasteiger partial charge in [-0.3, -0.25) is 0 Å². The van der Waals surface area contributed by atoms with Crippen molar-refractivity contribution in [3.8, 4) is 0 Å². The summed E-state index contributed by atoms with van der Waals surface area (Å²) in [6.07, 6.45) is 1.85. The molecule has 1 aromatic rings. The molecule has 13 heavy (non-hydrogen) atoms. The maximum Gasteiger partial charge on any atom is 0.146 e. The number of anilines is 1. The van der Waals surface area contributed by atoms with Gasteiger partial charge in [-0.25, -0.2) is 9.66 Å². The summed E-state index contributed by atoms with van der Waals surface area (Å²) < 4.78 is 1.49. The zero-order valence-corrected chi connectivity index (χ0v) is 8.54. The molecule has 0 saturated heterocycles. The number of hydrogen-bond acceptors (Lipinski definition) is 3. The number of nitrogens with zero attached hydrogens (tertiary/aromatic N) is 2. The molecule has 4 heteroatoms. The highest BCUT2D eigenvalue weighted by Crippen LogP contribution is 2.23. The molecule has 1 unspecified atom stereocenters. The minimum atomic E-state index is 0.384. The lowest BCUT2D eigenvalue weighted by molar-refractivity contribution is 0.712. The molecule has 0 spiro atoms. The Morgan fingerprint density at radius 2 is 2.08 bits per heavy atom. The van der Waals surface area contributed by atoms with Crippen molar-refractivity contribution in [2.45, 2.75) is 39.5 Å². The van der Waals surface area contributed by atoms with E-state index in [2.05, 4.69) is 18.8 Å². The number of hydrogen-bond donors (Lipinski definition) is 2. The van der Waals surface area contributed by atoms with Crippen LogP contribution in [0.4, 0.5) is 5.82 Å². The van der Waals surface area contributed by atoms with Crippen molar-refractivity contribution in [2.75, 3.05) is 11.6 Å². The number of imidazole rings is 1. The molecule has 1 rings (SSSR count). The molecule has 0 radical (unpaired) electrons. The maximum atomic E-state index is 5.83. The summed E-state index contributed by atoms with van der Waals surface area (Å²) in [5.74, 6) is 7.58. The first kappa shape index (κ1) is 9.89. The maximum absolute atomic E-state index is 5.83. The van der Waals surface area contributed by atoms with E-state index in [1.807, 2.05) is 6.92 Å². The van der Waals surface area contributed by atoms with Gasteiger partial charge in [-0.05, 0) is 6.42 Å². The summed E-state index contributed by atoms with van der Waals surface area (Å²) in [5.41, 5.74) is 6.76. The monoisotopic (exact) mass is 182 g/mol. The molecule has 0 aliphatic heterocycles. The van der Waals surface area contributed by atoms with Crippen LogP contribution in [0.1, 0.15) is 44.6 Å². The third kappa shape index (κ3) is 1.61. The van der Waals surface area contributed by atoms with Crippen LogP contribution in [0.25, 0.3) is 0 Å². The first-order valence-corrected chi connectivity index (χ1v) is 4.73. The highest BCUT2D eigenvalue weighted by molar-refractivity contribution is 5.40.